The number of thiocarbonyl (C=S) groups is 1. The first kappa shape index (κ1) is 13.8. The van der Waals surface area contributed by atoms with Gasteiger partial charge in [0.2, 0.25) is 0 Å². The molecular formula is C13H16N2O3S. The third-order valence-corrected chi connectivity index (χ3v) is 2.85. The molecule has 1 saturated heterocycles. The van der Waals surface area contributed by atoms with E-state index in [-0.39, 0.29) is 23.6 Å². The largest absolute Gasteiger partial charge is 0.484 e. The van der Waals surface area contributed by atoms with Crippen molar-refractivity contribution in [2.75, 3.05) is 18.5 Å². The van der Waals surface area contributed by atoms with Crippen LogP contribution in [-0.2, 0) is 9.53 Å². The van der Waals surface area contributed by atoms with Crippen LogP contribution in [0, 0.1) is 0 Å². The van der Waals surface area contributed by atoms with Crippen LogP contribution in [0.3, 0.4) is 0 Å². The molecule has 1 amide bonds. The van der Waals surface area contributed by atoms with Gasteiger partial charge >= 0.3 is 0 Å². The van der Waals surface area contributed by atoms with E-state index in [9.17, 15) is 4.79 Å². The van der Waals surface area contributed by atoms with Crippen LogP contribution < -0.4 is 15.8 Å². The maximum absolute atomic E-state index is 12.0. The third kappa shape index (κ3) is 3.90. The van der Waals surface area contributed by atoms with Crippen molar-refractivity contribution >= 4 is 28.8 Å². The number of hydrogen-bond donors (Lipinski definition) is 2. The van der Waals surface area contributed by atoms with E-state index < -0.39 is 0 Å². The molecular weight excluding hydrogens is 264 g/mol. The van der Waals surface area contributed by atoms with Crippen LogP contribution in [0.25, 0.3) is 0 Å². The predicted octanol–water partition coefficient (Wildman–Crippen LogP) is 1.47. The van der Waals surface area contributed by atoms with E-state index in [1.54, 1.807) is 12.1 Å². The Morgan fingerprint density at radius 3 is 3.00 bits per heavy atom. The molecule has 1 aliphatic rings. The molecule has 19 heavy (non-hydrogen) atoms. The summed E-state index contributed by atoms with van der Waals surface area (Å²) < 4.78 is 10.8. The smallest absolute Gasteiger partial charge is 0.253 e. The van der Waals surface area contributed by atoms with Crippen LogP contribution in [0.2, 0.25) is 0 Å². The molecule has 0 spiro atoms. The Balaban J connectivity index is 2.02. The summed E-state index contributed by atoms with van der Waals surface area (Å²) in [6, 6.07) is 7.15. The van der Waals surface area contributed by atoms with Crippen molar-refractivity contribution in [2.45, 2.75) is 18.9 Å². The van der Waals surface area contributed by atoms with Crippen molar-refractivity contribution in [3.8, 4) is 5.75 Å². The number of para-hydroxylation sites is 2. The number of nitrogens with two attached hydrogens (primary N) is 1. The molecule has 1 fully saturated rings. The summed E-state index contributed by atoms with van der Waals surface area (Å²) in [6.07, 6.45) is 1.29. The highest BCUT2D eigenvalue weighted by atomic mass is 32.1. The zero-order valence-corrected chi connectivity index (χ0v) is 11.2. The van der Waals surface area contributed by atoms with Crippen molar-refractivity contribution in [2.24, 2.45) is 5.73 Å². The first-order chi connectivity index (χ1) is 9.16. The minimum Gasteiger partial charge on any atom is -0.484 e. The number of anilines is 1. The lowest BCUT2D eigenvalue weighted by molar-refractivity contribution is -0.124. The molecule has 0 bridgehead atoms. The lowest BCUT2D eigenvalue weighted by Gasteiger charge is -2.14. The van der Waals surface area contributed by atoms with E-state index in [1.165, 1.54) is 0 Å². The standard InChI is InChI=1S/C13H16N2O3S/c14-12(19)8-18-10-5-2-1-4-9(10)15-13(16)11-6-3-7-17-11/h1-2,4-5,11H,3,6-8H2,(H2,14,19)(H,15,16). The summed E-state index contributed by atoms with van der Waals surface area (Å²) in [5.41, 5.74) is 5.99. The number of rotatable bonds is 5. The quantitative estimate of drug-likeness (QED) is 0.799. The summed E-state index contributed by atoms with van der Waals surface area (Å²) in [5.74, 6) is 0.394. The predicted molar refractivity (Wildman–Crippen MR) is 76.3 cm³/mol. The maximum atomic E-state index is 12.0. The molecule has 0 saturated carbocycles. The van der Waals surface area contributed by atoms with Gasteiger partial charge in [-0.05, 0) is 25.0 Å². The van der Waals surface area contributed by atoms with Crippen molar-refractivity contribution in [1.29, 1.82) is 0 Å². The van der Waals surface area contributed by atoms with Gasteiger partial charge in [0.05, 0.1) is 5.69 Å². The minimum absolute atomic E-state index is 0.141. The van der Waals surface area contributed by atoms with E-state index in [0.29, 0.717) is 18.0 Å². The summed E-state index contributed by atoms with van der Waals surface area (Å²) in [5, 5.41) is 2.80. The average molecular weight is 280 g/mol. The maximum Gasteiger partial charge on any atom is 0.253 e. The monoisotopic (exact) mass is 280 g/mol. The number of amides is 1. The van der Waals surface area contributed by atoms with Crippen LogP contribution in [0.15, 0.2) is 24.3 Å². The van der Waals surface area contributed by atoms with Crippen LogP contribution in [0.5, 0.6) is 5.75 Å². The second-order valence-corrected chi connectivity index (χ2v) is 4.77. The normalized spacial score (nSPS) is 18.0. The summed E-state index contributed by atoms with van der Waals surface area (Å²) in [6.45, 7) is 0.778. The molecule has 0 radical (unpaired) electrons. The van der Waals surface area contributed by atoms with E-state index in [1.807, 2.05) is 12.1 Å². The second-order valence-electron chi connectivity index (χ2n) is 4.24. The molecule has 3 N–H and O–H groups in total. The van der Waals surface area contributed by atoms with Gasteiger partial charge in [-0.15, -0.1) is 0 Å². The van der Waals surface area contributed by atoms with E-state index >= 15 is 0 Å². The Bertz CT molecular complexity index is 473. The molecule has 1 aromatic rings. The fourth-order valence-corrected chi connectivity index (χ4v) is 1.90. The van der Waals surface area contributed by atoms with E-state index in [4.69, 9.17) is 27.4 Å². The number of hydrogen-bond acceptors (Lipinski definition) is 4. The lowest BCUT2D eigenvalue weighted by atomic mass is 10.2. The molecule has 1 unspecified atom stereocenters. The summed E-state index contributed by atoms with van der Waals surface area (Å²) >= 11 is 4.76. The number of carbonyl (C=O) groups is 1. The van der Waals surface area contributed by atoms with Crippen molar-refractivity contribution in [1.82, 2.24) is 0 Å². The van der Waals surface area contributed by atoms with Gasteiger partial charge in [-0.1, -0.05) is 24.4 Å². The SMILES string of the molecule is NC(=S)COc1ccccc1NC(=O)C1CCCO1. The zero-order valence-electron chi connectivity index (χ0n) is 10.4. The fourth-order valence-electron chi connectivity index (χ4n) is 1.84. The molecule has 1 aromatic carbocycles. The molecule has 102 valence electrons. The van der Waals surface area contributed by atoms with Crippen molar-refractivity contribution in [3.63, 3.8) is 0 Å². The highest BCUT2D eigenvalue weighted by Crippen LogP contribution is 2.25. The Morgan fingerprint density at radius 1 is 1.53 bits per heavy atom. The number of ether oxygens (including phenoxy) is 2. The van der Waals surface area contributed by atoms with Crippen molar-refractivity contribution < 1.29 is 14.3 Å². The van der Waals surface area contributed by atoms with Gasteiger partial charge in [0.25, 0.3) is 5.91 Å². The molecule has 0 aromatic heterocycles. The Kier molecular flexibility index (Phi) is 4.70. The highest BCUT2D eigenvalue weighted by Gasteiger charge is 2.24. The summed E-state index contributed by atoms with van der Waals surface area (Å²) in [7, 11) is 0. The first-order valence-corrected chi connectivity index (χ1v) is 6.50. The lowest BCUT2D eigenvalue weighted by Crippen LogP contribution is -2.27. The molecule has 2 rings (SSSR count). The number of carbonyl (C=O) groups excluding carboxylic acids is 1. The third-order valence-electron chi connectivity index (χ3n) is 2.74. The molecule has 1 heterocycles. The van der Waals surface area contributed by atoms with Crippen molar-refractivity contribution in [3.05, 3.63) is 24.3 Å². The van der Waals surface area contributed by atoms with Gasteiger partial charge in [-0.3, -0.25) is 4.79 Å². The van der Waals surface area contributed by atoms with Gasteiger partial charge < -0.3 is 20.5 Å². The van der Waals surface area contributed by atoms with Crippen LogP contribution >= 0.6 is 12.2 Å². The Morgan fingerprint density at radius 2 is 2.32 bits per heavy atom. The summed E-state index contributed by atoms with van der Waals surface area (Å²) in [4.78, 5) is 12.2. The number of nitrogens with one attached hydrogen (secondary N) is 1. The van der Waals surface area contributed by atoms with Gasteiger partial charge in [0.15, 0.2) is 0 Å². The highest BCUT2D eigenvalue weighted by molar-refractivity contribution is 7.80. The number of benzene rings is 1. The molecule has 0 aliphatic carbocycles. The molecule has 5 nitrogen and oxygen atoms in total. The van der Waals surface area contributed by atoms with Crippen LogP contribution in [-0.4, -0.2) is 30.2 Å². The van der Waals surface area contributed by atoms with Crippen LogP contribution in [0.4, 0.5) is 5.69 Å². The van der Waals surface area contributed by atoms with E-state index in [2.05, 4.69) is 5.32 Å². The van der Waals surface area contributed by atoms with Gasteiger partial charge in [0.1, 0.15) is 23.4 Å². The van der Waals surface area contributed by atoms with Gasteiger partial charge in [-0.25, -0.2) is 0 Å². The topological polar surface area (TPSA) is 73.6 Å². The Labute approximate surface area is 117 Å². The molecule has 1 atom stereocenters. The average Bonchev–Trinajstić information content (AvgIpc) is 2.91. The fraction of sp³-hybridized carbons (Fsp3) is 0.385. The second kappa shape index (κ2) is 6.49. The Hall–Kier alpha value is -1.66. The van der Waals surface area contributed by atoms with Gasteiger partial charge in [0, 0.05) is 6.61 Å². The molecule has 1 aliphatic heterocycles. The minimum atomic E-state index is -0.372. The van der Waals surface area contributed by atoms with Crippen LogP contribution in [0.1, 0.15) is 12.8 Å². The molecule has 6 heteroatoms. The zero-order chi connectivity index (χ0) is 13.7. The van der Waals surface area contributed by atoms with Gasteiger partial charge in [-0.2, -0.15) is 0 Å². The van der Waals surface area contributed by atoms with E-state index in [0.717, 1.165) is 12.8 Å². The first-order valence-electron chi connectivity index (χ1n) is 6.09.